The van der Waals surface area contributed by atoms with Crippen molar-refractivity contribution >= 4 is 17.4 Å². The molecule has 3 aromatic rings. The average molecular weight is 333 g/mol. The standard InChI is InChI=1S/C19H19N5O/c1-13-20-11-17(12-21-13)23-18-9-8-16(10-22-18)14-4-6-15(7-5-14)19(25)24(2)3/h4-12H,1-3H3,(H,22,23). The highest BCUT2D eigenvalue weighted by molar-refractivity contribution is 5.94. The van der Waals surface area contributed by atoms with Gasteiger partial charge in [0.1, 0.15) is 11.6 Å². The van der Waals surface area contributed by atoms with Crippen molar-refractivity contribution in [3.05, 3.63) is 66.4 Å². The molecule has 0 radical (unpaired) electrons. The molecule has 0 aliphatic rings. The third-order valence-electron chi connectivity index (χ3n) is 3.69. The molecule has 6 nitrogen and oxygen atoms in total. The summed E-state index contributed by atoms with van der Waals surface area (Å²) in [7, 11) is 3.48. The van der Waals surface area contributed by atoms with Crippen LogP contribution in [0.15, 0.2) is 55.0 Å². The van der Waals surface area contributed by atoms with Crippen LogP contribution in [0.1, 0.15) is 16.2 Å². The van der Waals surface area contributed by atoms with E-state index in [9.17, 15) is 4.79 Å². The Morgan fingerprint density at radius 1 is 0.880 bits per heavy atom. The maximum atomic E-state index is 11.9. The molecule has 0 spiro atoms. The molecule has 0 fully saturated rings. The van der Waals surface area contributed by atoms with Crippen LogP contribution in [0.2, 0.25) is 0 Å². The molecule has 1 N–H and O–H groups in total. The maximum absolute atomic E-state index is 11.9. The fourth-order valence-corrected chi connectivity index (χ4v) is 2.31. The zero-order chi connectivity index (χ0) is 17.8. The van der Waals surface area contributed by atoms with Crippen molar-refractivity contribution in [2.24, 2.45) is 0 Å². The van der Waals surface area contributed by atoms with Crippen molar-refractivity contribution in [2.75, 3.05) is 19.4 Å². The quantitative estimate of drug-likeness (QED) is 0.793. The molecule has 0 saturated heterocycles. The lowest BCUT2D eigenvalue weighted by Gasteiger charge is -2.11. The average Bonchev–Trinajstić information content (AvgIpc) is 2.64. The number of aromatic nitrogens is 3. The number of nitrogens with one attached hydrogen (secondary N) is 1. The fourth-order valence-electron chi connectivity index (χ4n) is 2.31. The van der Waals surface area contributed by atoms with Gasteiger partial charge in [-0.15, -0.1) is 0 Å². The van der Waals surface area contributed by atoms with Crippen molar-refractivity contribution in [3.63, 3.8) is 0 Å². The molecule has 6 heteroatoms. The SMILES string of the molecule is Cc1ncc(Nc2ccc(-c3ccc(C(=O)N(C)C)cc3)cn2)cn1. The van der Waals surface area contributed by atoms with Gasteiger partial charge in [-0.1, -0.05) is 12.1 Å². The van der Waals surface area contributed by atoms with Gasteiger partial charge in [0.05, 0.1) is 18.1 Å². The molecular weight excluding hydrogens is 314 g/mol. The number of hydrogen-bond acceptors (Lipinski definition) is 5. The Kier molecular flexibility index (Phi) is 4.70. The number of anilines is 2. The summed E-state index contributed by atoms with van der Waals surface area (Å²) in [6.07, 6.45) is 5.23. The predicted octanol–water partition coefficient (Wildman–Crippen LogP) is 3.29. The van der Waals surface area contributed by atoms with Crippen LogP contribution in [-0.4, -0.2) is 39.9 Å². The van der Waals surface area contributed by atoms with Crippen molar-refractivity contribution in [1.82, 2.24) is 19.9 Å². The highest BCUT2D eigenvalue weighted by Crippen LogP contribution is 2.21. The molecule has 0 aliphatic heterocycles. The van der Waals surface area contributed by atoms with Gasteiger partial charge in [-0.3, -0.25) is 4.79 Å². The summed E-state index contributed by atoms with van der Waals surface area (Å²) >= 11 is 0. The van der Waals surface area contributed by atoms with Crippen LogP contribution >= 0.6 is 0 Å². The second-order valence-electron chi connectivity index (χ2n) is 5.85. The topological polar surface area (TPSA) is 71.0 Å². The van der Waals surface area contributed by atoms with Crippen molar-refractivity contribution in [3.8, 4) is 11.1 Å². The summed E-state index contributed by atoms with van der Waals surface area (Å²) in [4.78, 5) is 26.2. The van der Waals surface area contributed by atoms with E-state index in [0.717, 1.165) is 28.5 Å². The van der Waals surface area contributed by atoms with Gasteiger partial charge in [0.15, 0.2) is 0 Å². The van der Waals surface area contributed by atoms with E-state index in [0.29, 0.717) is 5.56 Å². The first kappa shape index (κ1) is 16.6. The van der Waals surface area contributed by atoms with Gasteiger partial charge in [-0.05, 0) is 36.8 Å². The lowest BCUT2D eigenvalue weighted by Crippen LogP contribution is -2.21. The Morgan fingerprint density at radius 2 is 1.52 bits per heavy atom. The first-order chi connectivity index (χ1) is 12.0. The van der Waals surface area contributed by atoms with E-state index in [4.69, 9.17) is 0 Å². The third kappa shape index (κ3) is 3.98. The number of pyridine rings is 1. The number of hydrogen-bond donors (Lipinski definition) is 1. The second-order valence-corrected chi connectivity index (χ2v) is 5.85. The molecular formula is C19H19N5O. The van der Waals surface area contributed by atoms with Crippen molar-refractivity contribution in [1.29, 1.82) is 0 Å². The predicted molar refractivity (Wildman–Crippen MR) is 97.7 cm³/mol. The van der Waals surface area contributed by atoms with Gasteiger partial charge in [0, 0.05) is 31.4 Å². The molecule has 1 aromatic carbocycles. The summed E-state index contributed by atoms with van der Waals surface area (Å²) in [5.41, 5.74) is 3.44. The van der Waals surface area contributed by atoms with Crippen LogP contribution in [-0.2, 0) is 0 Å². The molecule has 0 atom stereocenters. The second kappa shape index (κ2) is 7.09. The summed E-state index contributed by atoms with van der Waals surface area (Å²) in [5.74, 6) is 1.44. The lowest BCUT2D eigenvalue weighted by molar-refractivity contribution is 0.0827. The number of aryl methyl sites for hydroxylation is 1. The molecule has 2 aromatic heterocycles. The van der Waals surface area contributed by atoms with Gasteiger partial charge in [-0.25, -0.2) is 15.0 Å². The number of amides is 1. The zero-order valence-electron chi connectivity index (χ0n) is 14.4. The Balaban J connectivity index is 1.73. The van der Waals surface area contributed by atoms with E-state index in [2.05, 4.69) is 20.3 Å². The molecule has 2 heterocycles. The van der Waals surface area contributed by atoms with Gasteiger partial charge in [0.25, 0.3) is 5.91 Å². The van der Waals surface area contributed by atoms with Gasteiger partial charge in [0.2, 0.25) is 0 Å². The number of rotatable bonds is 4. The van der Waals surface area contributed by atoms with E-state index in [1.165, 1.54) is 0 Å². The summed E-state index contributed by atoms with van der Waals surface area (Å²) < 4.78 is 0. The lowest BCUT2D eigenvalue weighted by atomic mass is 10.1. The molecule has 126 valence electrons. The molecule has 0 aliphatic carbocycles. The van der Waals surface area contributed by atoms with Crippen molar-refractivity contribution < 1.29 is 4.79 Å². The Morgan fingerprint density at radius 3 is 2.08 bits per heavy atom. The summed E-state index contributed by atoms with van der Waals surface area (Å²) in [5, 5.41) is 3.16. The van der Waals surface area contributed by atoms with Gasteiger partial charge >= 0.3 is 0 Å². The highest BCUT2D eigenvalue weighted by Gasteiger charge is 2.08. The molecule has 0 bridgehead atoms. The molecule has 25 heavy (non-hydrogen) atoms. The fraction of sp³-hybridized carbons (Fsp3) is 0.158. The Bertz CT molecular complexity index is 856. The summed E-state index contributed by atoms with van der Waals surface area (Å²) in [6.45, 7) is 1.84. The molecule has 1 amide bonds. The van der Waals surface area contributed by atoms with E-state index in [-0.39, 0.29) is 5.91 Å². The third-order valence-corrected chi connectivity index (χ3v) is 3.69. The van der Waals surface area contributed by atoms with Crippen LogP contribution in [0.4, 0.5) is 11.5 Å². The molecule has 0 unspecified atom stereocenters. The van der Waals surface area contributed by atoms with E-state index >= 15 is 0 Å². The minimum absolute atomic E-state index is 0.00969. The van der Waals surface area contributed by atoms with Crippen LogP contribution in [0.3, 0.4) is 0 Å². The minimum Gasteiger partial charge on any atom is -0.345 e. The van der Waals surface area contributed by atoms with Crippen LogP contribution in [0.25, 0.3) is 11.1 Å². The normalized spacial score (nSPS) is 10.4. The van der Waals surface area contributed by atoms with Crippen LogP contribution < -0.4 is 5.32 Å². The Labute approximate surface area is 146 Å². The first-order valence-electron chi connectivity index (χ1n) is 7.87. The van der Waals surface area contributed by atoms with E-state index in [1.54, 1.807) is 37.6 Å². The van der Waals surface area contributed by atoms with Gasteiger partial charge < -0.3 is 10.2 Å². The monoisotopic (exact) mass is 333 g/mol. The van der Waals surface area contributed by atoms with E-state index < -0.39 is 0 Å². The smallest absolute Gasteiger partial charge is 0.253 e. The number of nitrogens with zero attached hydrogens (tertiary/aromatic N) is 4. The molecule has 0 saturated carbocycles. The number of benzene rings is 1. The van der Waals surface area contributed by atoms with Crippen LogP contribution in [0.5, 0.6) is 0 Å². The maximum Gasteiger partial charge on any atom is 0.253 e. The zero-order valence-corrected chi connectivity index (χ0v) is 14.4. The first-order valence-corrected chi connectivity index (χ1v) is 7.87. The van der Waals surface area contributed by atoms with Crippen molar-refractivity contribution in [2.45, 2.75) is 6.92 Å². The number of carbonyl (C=O) groups is 1. The highest BCUT2D eigenvalue weighted by atomic mass is 16.2. The largest absolute Gasteiger partial charge is 0.345 e. The van der Waals surface area contributed by atoms with Gasteiger partial charge in [-0.2, -0.15) is 0 Å². The summed E-state index contributed by atoms with van der Waals surface area (Å²) in [6, 6.07) is 11.4. The minimum atomic E-state index is -0.00969. The number of carbonyl (C=O) groups excluding carboxylic acids is 1. The molecule has 3 rings (SSSR count). The van der Waals surface area contributed by atoms with Crippen LogP contribution in [0, 0.1) is 6.92 Å². The Hall–Kier alpha value is -3.28. The van der Waals surface area contributed by atoms with E-state index in [1.807, 2.05) is 43.3 Å².